The van der Waals surface area contributed by atoms with Crippen LogP contribution in [0.15, 0.2) is 0 Å². The van der Waals surface area contributed by atoms with Gasteiger partial charge in [-0.1, -0.05) is 0 Å². The highest BCUT2D eigenvalue weighted by molar-refractivity contribution is 4.87. The third-order valence-corrected chi connectivity index (χ3v) is 1.87. The van der Waals surface area contributed by atoms with E-state index in [0.29, 0.717) is 0 Å². The molecule has 1 saturated heterocycles. The van der Waals surface area contributed by atoms with Gasteiger partial charge in [0.2, 0.25) is 0 Å². The zero-order valence-corrected chi connectivity index (χ0v) is 6.24. The Balaban J connectivity index is 2.63. The molecule has 1 rings (SSSR count). The van der Waals surface area contributed by atoms with Gasteiger partial charge in [-0.25, -0.2) is 0 Å². The van der Waals surface area contributed by atoms with Crippen molar-refractivity contribution in [1.82, 2.24) is 0 Å². The molecule has 1 aliphatic heterocycles. The Morgan fingerprint density at radius 1 is 0.917 bits per heavy atom. The fraction of sp³-hybridized carbons (Fsp3) is 1.00. The van der Waals surface area contributed by atoms with E-state index in [1.165, 1.54) is 0 Å². The Morgan fingerprint density at radius 2 is 1.50 bits per heavy atom. The molecule has 0 bridgehead atoms. The Morgan fingerprint density at radius 3 is 2.00 bits per heavy atom. The minimum absolute atomic E-state index is 0.526. The molecule has 1 aliphatic rings. The second-order valence-corrected chi connectivity index (χ2v) is 2.72. The van der Waals surface area contributed by atoms with Gasteiger partial charge in [0.05, 0.1) is 6.61 Å². The van der Waals surface area contributed by atoms with Crippen molar-refractivity contribution in [2.45, 2.75) is 30.7 Å². The summed E-state index contributed by atoms with van der Waals surface area (Å²) in [7, 11) is 0. The normalized spacial score (nSPS) is 49.2. The maximum absolute atomic E-state index is 9.12. The molecule has 0 amide bonds. The summed E-state index contributed by atoms with van der Waals surface area (Å²) in [6, 6.07) is 0. The second kappa shape index (κ2) is 3.65. The monoisotopic (exact) mass is 183 g/mol. The smallest absolute Gasteiger partial charge is 0.184 e. The Labute approximate surface area is 68.6 Å². The van der Waals surface area contributed by atoms with Crippen molar-refractivity contribution in [3.05, 3.63) is 0 Å². The quantitative estimate of drug-likeness (QED) is 0.273. The number of aliphatic hydroxyl groups excluding tert-OH is 5. The van der Waals surface area contributed by atoms with Crippen molar-refractivity contribution in [1.29, 1.82) is 0 Å². The highest BCUT2D eigenvalue weighted by atomic mass is 16.7. The fourth-order valence-corrected chi connectivity index (χ4v) is 1.08. The maximum Gasteiger partial charge on any atom is 0.184 e. The lowest BCUT2D eigenvalue weighted by Gasteiger charge is -2.37. The highest BCUT2D eigenvalue weighted by Crippen LogP contribution is 2.18. The lowest BCUT2D eigenvalue weighted by molar-refractivity contribution is -0.286. The van der Waals surface area contributed by atoms with E-state index in [2.05, 4.69) is 4.74 Å². The third kappa shape index (κ3) is 1.58. The van der Waals surface area contributed by atoms with Gasteiger partial charge in [0.1, 0.15) is 24.4 Å². The van der Waals surface area contributed by atoms with E-state index in [9.17, 15) is 0 Å². The summed E-state index contributed by atoms with van der Waals surface area (Å²) in [6.45, 7) is -0.526. The summed E-state index contributed by atoms with van der Waals surface area (Å²) >= 11 is 0. The molecule has 0 radical (unpaired) electrons. The first-order valence-electron chi connectivity index (χ1n) is 3.56. The van der Waals surface area contributed by atoms with Crippen LogP contribution in [0.1, 0.15) is 0 Å². The van der Waals surface area contributed by atoms with Crippen LogP contribution in [0.3, 0.4) is 0 Å². The number of hydrogen-bond acceptors (Lipinski definition) is 6. The molecule has 1 unspecified atom stereocenters. The Bertz CT molecular complexity index is 146. The summed E-state index contributed by atoms with van der Waals surface area (Å²) in [5.41, 5.74) is 0. The van der Waals surface area contributed by atoms with Gasteiger partial charge in [-0.3, -0.25) is 0 Å². The Kier molecular flexibility index (Phi) is 2.99. The molecule has 6 heteroatoms. The van der Waals surface area contributed by atoms with Crippen molar-refractivity contribution >= 4 is 0 Å². The van der Waals surface area contributed by atoms with Gasteiger partial charge in [0, 0.05) is 0 Å². The molecule has 6 nitrogen and oxygen atoms in total. The fourth-order valence-electron chi connectivity index (χ4n) is 1.08. The van der Waals surface area contributed by atoms with Gasteiger partial charge in [-0.2, -0.15) is 0 Å². The molecule has 1 heterocycles. The van der Waals surface area contributed by atoms with Gasteiger partial charge < -0.3 is 30.3 Å². The number of aliphatic hydroxyl groups is 5. The molecule has 0 aromatic carbocycles. The minimum Gasteiger partial charge on any atom is -0.394 e. The van der Waals surface area contributed by atoms with Gasteiger partial charge in [0.15, 0.2) is 6.29 Å². The van der Waals surface area contributed by atoms with Crippen LogP contribution < -0.4 is 0 Å². The predicted octanol–water partition coefficient (Wildman–Crippen LogP) is -3.22. The number of ether oxygens (including phenoxy) is 1. The first kappa shape index (κ1) is 9.85. The molecule has 72 valence electrons. The zero-order valence-electron chi connectivity index (χ0n) is 6.24. The molecule has 5 N–H and O–H groups in total. The molecular formula is C6H12O6. The zero-order chi connectivity index (χ0) is 9.30. The van der Waals surface area contributed by atoms with Crippen molar-refractivity contribution in [3.8, 4) is 0 Å². The Hall–Kier alpha value is -0.240. The average Bonchev–Trinajstić information content (AvgIpc) is 2.08. The highest BCUT2D eigenvalue weighted by Gasteiger charge is 2.42. The van der Waals surface area contributed by atoms with E-state index >= 15 is 0 Å². The van der Waals surface area contributed by atoms with E-state index in [0.717, 1.165) is 0 Å². The van der Waals surface area contributed by atoms with Gasteiger partial charge in [0.25, 0.3) is 0 Å². The van der Waals surface area contributed by atoms with Crippen LogP contribution in [-0.4, -0.2) is 62.8 Å². The second-order valence-electron chi connectivity index (χ2n) is 2.72. The van der Waals surface area contributed by atoms with Crippen LogP contribution in [0.5, 0.6) is 0 Å². The molecule has 0 spiro atoms. The predicted molar refractivity (Wildman–Crippen MR) is 36.0 cm³/mol. The molecule has 1 fully saturated rings. The van der Waals surface area contributed by atoms with Crippen LogP contribution in [0.25, 0.3) is 0 Å². The minimum atomic E-state index is -1.57. The van der Waals surface area contributed by atoms with Crippen LogP contribution in [-0.2, 0) is 4.74 Å². The van der Waals surface area contributed by atoms with Crippen molar-refractivity contribution < 1.29 is 30.3 Å². The van der Waals surface area contributed by atoms with E-state index in [1.807, 2.05) is 0 Å². The summed E-state index contributed by atoms with van der Waals surface area (Å²) in [5, 5.41) is 44.7. The van der Waals surface area contributed by atoms with E-state index in [1.54, 1.807) is 0 Å². The first-order chi connectivity index (χ1) is 5.57. The summed E-state index contributed by atoms with van der Waals surface area (Å²) in [6.07, 6.45) is -7.04. The van der Waals surface area contributed by atoms with Gasteiger partial charge in [-0.05, 0) is 0 Å². The van der Waals surface area contributed by atoms with E-state index in [-0.39, 0.29) is 0 Å². The lowest BCUT2D eigenvalue weighted by atomic mass is 10.2. The number of hydrogen-bond donors (Lipinski definition) is 5. The van der Waals surface area contributed by atoms with Crippen molar-refractivity contribution in [3.63, 3.8) is 0 Å². The first-order valence-corrected chi connectivity index (χ1v) is 3.56. The average molecular weight is 183 g/mol. The SMILES string of the molecule is O[13CH2][13C@H]1OC(O)[C@H](O)[C@@H](O)[13C@@H]1O. The molecular weight excluding hydrogens is 171 g/mol. The molecule has 12 heavy (non-hydrogen) atoms. The largest absolute Gasteiger partial charge is 0.394 e. The third-order valence-electron chi connectivity index (χ3n) is 1.87. The van der Waals surface area contributed by atoms with Gasteiger partial charge in [-0.15, -0.1) is 0 Å². The summed E-state index contributed by atoms with van der Waals surface area (Å²) in [5.74, 6) is 0. The van der Waals surface area contributed by atoms with E-state index < -0.39 is 37.3 Å². The molecule has 0 aromatic rings. The van der Waals surface area contributed by atoms with Crippen molar-refractivity contribution in [2.75, 3.05) is 6.61 Å². The standard InChI is InChI=1S/C6H12O6/c7-1-2-3(8)4(9)5(10)6(11)12-2/h2-11H,1H2/t2-,3-,4+,5-,6?/m1/s1/i1+1,2+1,3+1. The van der Waals surface area contributed by atoms with E-state index in [4.69, 9.17) is 25.5 Å². The molecule has 0 saturated carbocycles. The van der Waals surface area contributed by atoms with Crippen LogP contribution in [0.4, 0.5) is 0 Å². The van der Waals surface area contributed by atoms with Crippen LogP contribution in [0.2, 0.25) is 0 Å². The number of rotatable bonds is 1. The molecule has 0 aromatic heterocycles. The summed E-state index contributed by atoms with van der Waals surface area (Å²) < 4.78 is 4.58. The van der Waals surface area contributed by atoms with Gasteiger partial charge >= 0.3 is 0 Å². The van der Waals surface area contributed by atoms with Crippen LogP contribution in [0, 0.1) is 0 Å². The topological polar surface area (TPSA) is 110 Å². The van der Waals surface area contributed by atoms with Crippen LogP contribution >= 0.6 is 0 Å². The summed E-state index contributed by atoms with van der Waals surface area (Å²) in [4.78, 5) is 0. The van der Waals surface area contributed by atoms with Crippen molar-refractivity contribution in [2.24, 2.45) is 0 Å². The maximum atomic E-state index is 9.12. The molecule has 5 atom stereocenters. The molecule has 0 aliphatic carbocycles. The lowest BCUT2D eigenvalue weighted by Crippen LogP contribution is -2.58.